The van der Waals surface area contributed by atoms with E-state index in [-0.39, 0.29) is 5.43 Å². The van der Waals surface area contributed by atoms with Crippen molar-refractivity contribution in [2.45, 2.75) is 33.6 Å². The summed E-state index contributed by atoms with van der Waals surface area (Å²) in [6.07, 6.45) is 4.06. The number of rotatable bonds is 5. The summed E-state index contributed by atoms with van der Waals surface area (Å²) >= 11 is 0. The molecule has 3 rings (SSSR count). The number of benzene rings is 1. The highest BCUT2D eigenvalue weighted by molar-refractivity contribution is 5.90. The van der Waals surface area contributed by atoms with Gasteiger partial charge in [0.2, 0.25) is 5.43 Å². The van der Waals surface area contributed by atoms with Crippen LogP contribution in [0.3, 0.4) is 0 Å². The first-order chi connectivity index (χ1) is 12.1. The smallest absolute Gasteiger partial charge is 0.209 e. The molecule has 2 aromatic heterocycles. The van der Waals surface area contributed by atoms with Gasteiger partial charge >= 0.3 is 0 Å². The molecular formula is C20H26N2O3. The lowest BCUT2D eigenvalue weighted by Crippen LogP contribution is -1.99. The lowest BCUT2D eigenvalue weighted by molar-refractivity contribution is 0.135. The van der Waals surface area contributed by atoms with E-state index in [1.165, 1.54) is 6.07 Å². The van der Waals surface area contributed by atoms with Crippen molar-refractivity contribution in [3.63, 3.8) is 0 Å². The molecule has 0 amide bonds. The molecule has 5 heteroatoms. The first-order valence-corrected chi connectivity index (χ1v) is 8.62. The second-order valence-corrected chi connectivity index (χ2v) is 5.86. The largest absolute Gasteiger partial charge is 0.459 e. The molecule has 0 saturated carbocycles. The van der Waals surface area contributed by atoms with Gasteiger partial charge in [0.25, 0.3) is 0 Å². The highest BCUT2D eigenvalue weighted by atomic mass is 16.5. The SMILES string of the molecule is CCCOCCC.Cc1cc(=O)c2[nH]cc(-c3ccc(N)cc3)c2o1. The highest BCUT2D eigenvalue weighted by Crippen LogP contribution is 2.28. The van der Waals surface area contributed by atoms with Crippen LogP contribution in [-0.4, -0.2) is 18.2 Å². The summed E-state index contributed by atoms with van der Waals surface area (Å²) in [4.78, 5) is 14.7. The molecule has 5 nitrogen and oxygen atoms in total. The van der Waals surface area contributed by atoms with Crippen LogP contribution in [0.1, 0.15) is 32.4 Å². The first kappa shape index (κ1) is 18.8. The van der Waals surface area contributed by atoms with Gasteiger partial charge in [-0.2, -0.15) is 0 Å². The quantitative estimate of drug-likeness (QED) is 0.528. The average molecular weight is 342 g/mol. The number of nitrogen functional groups attached to an aromatic ring is 1. The van der Waals surface area contributed by atoms with E-state index in [4.69, 9.17) is 14.9 Å². The number of aromatic nitrogens is 1. The van der Waals surface area contributed by atoms with Gasteiger partial charge in [-0.05, 0) is 37.5 Å². The predicted octanol–water partition coefficient (Wildman–Crippen LogP) is 4.50. The van der Waals surface area contributed by atoms with E-state index in [1.54, 1.807) is 13.1 Å². The van der Waals surface area contributed by atoms with Crippen LogP contribution in [0.4, 0.5) is 5.69 Å². The van der Waals surface area contributed by atoms with Crippen LogP contribution in [0.15, 0.2) is 45.7 Å². The lowest BCUT2D eigenvalue weighted by atomic mass is 10.1. The number of hydrogen-bond acceptors (Lipinski definition) is 4. The minimum absolute atomic E-state index is 0.0598. The summed E-state index contributed by atoms with van der Waals surface area (Å²) in [5.74, 6) is 0.601. The van der Waals surface area contributed by atoms with Crippen molar-refractivity contribution in [1.29, 1.82) is 0 Å². The van der Waals surface area contributed by atoms with Crippen LogP contribution in [0.5, 0.6) is 0 Å². The Morgan fingerprint density at radius 1 is 1.12 bits per heavy atom. The van der Waals surface area contributed by atoms with Crippen LogP contribution in [0, 0.1) is 6.92 Å². The van der Waals surface area contributed by atoms with E-state index < -0.39 is 0 Å². The Morgan fingerprint density at radius 3 is 2.36 bits per heavy atom. The van der Waals surface area contributed by atoms with Crippen molar-refractivity contribution in [3.05, 3.63) is 52.5 Å². The molecule has 1 aromatic carbocycles. The highest BCUT2D eigenvalue weighted by Gasteiger charge is 2.11. The summed E-state index contributed by atoms with van der Waals surface area (Å²) in [7, 11) is 0. The summed E-state index contributed by atoms with van der Waals surface area (Å²) < 4.78 is 10.8. The van der Waals surface area contributed by atoms with Crippen LogP contribution in [0.25, 0.3) is 22.2 Å². The molecule has 0 atom stereocenters. The minimum Gasteiger partial charge on any atom is -0.459 e. The molecule has 0 saturated heterocycles. The van der Waals surface area contributed by atoms with Gasteiger partial charge in [-0.1, -0.05) is 26.0 Å². The van der Waals surface area contributed by atoms with Crippen molar-refractivity contribution in [2.24, 2.45) is 0 Å². The number of fused-ring (bicyclic) bond motifs is 1. The molecular weight excluding hydrogens is 316 g/mol. The van der Waals surface area contributed by atoms with Crippen LogP contribution in [-0.2, 0) is 4.74 Å². The molecule has 0 spiro atoms. The molecule has 134 valence electrons. The van der Waals surface area contributed by atoms with E-state index in [9.17, 15) is 4.79 Å². The monoisotopic (exact) mass is 342 g/mol. The Labute approximate surface area is 147 Å². The van der Waals surface area contributed by atoms with Crippen LogP contribution in [0.2, 0.25) is 0 Å². The molecule has 0 bridgehead atoms. The number of H-pyrrole nitrogens is 1. The maximum atomic E-state index is 11.8. The van der Waals surface area contributed by atoms with E-state index >= 15 is 0 Å². The summed E-state index contributed by atoms with van der Waals surface area (Å²) in [6, 6.07) is 8.93. The lowest BCUT2D eigenvalue weighted by Gasteiger charge is -2.00. The van der Waals surface area contributed by atoms with Gasteiger partial charge in [0.15, 0.2) is 5.58 Å². The van der Waals surface area contributed by atoms with Gasteiger partial charge in [0, 0.05) is 36.7 Å². The molecule has 0 unspecified atom stereocenters. The fourth-order valence-corrected chi connectivity index (χ4v) is 2.41. The maximum Gasteiger partial charge on any atom is 0.209 e. The topological polar surface area (TPSA) is 81.2 Å². The van der Waals surface area contributed by atoms with Gasteiger partial charge in [0.05, 0.1) is 0 Å². The second-order valence-electron chi connectivity index (χ2n) is 5.86. The minimum atomic E-state index is -0.0598. The van der Waals surface area contributed by atoms with Gasteiger partial charge in [0.1, 0.15) is 11.3 Å². The van der Waals surface area contributed by atoms with Crippen molar-refractivity contribution < 1.29 is 9.15 Å². The number of nitrogens with one attached hydrogen (secondary N) is 1. The molecule has 0 aliphatic rings. The molecule has 25 heavy (non-hydrogen) atoms. The van der Waals surface area contributed by atoms with Crippen molar-refractivity contribution in [3.8, 4) is 11.1 Å². The fraction of sp³-hybridized carbons (Fsp3) is 0.350. The van der Waals surface area contributed by atoms with E-state index in [0.717, 1.165) is 37.2 Å². The summed E-state index contributed by atoms with van der Waals surface area (Å²) in [5.41, 5.74) is 9.21. The Hall–Kier alpha value is -2.53. The number of nitrogens with two attached hydrogens (primary N) is 1. The molecule has 0 aliphatic heterocycles. The van der Waals surface area contributed by atoms with E-state index in [1.807, 2.05) is 24.3 Å². The zero-order valence-corrected chi connectivity index (χ0v) is 15.1. The fourth-order valence-electron chi connectivity index (χ4n) is 2.41. The molecule has 3 aromatic rings. The molecule has 3 N–H and O–H groups in total. The standard InChI is InChI=1S/C14H12N2O2.C6H14O/c1-8-6-12(17)13-14(18-8)11(7-16-13)9-2-4-10(15)5-3-9;1-3-5-7-6-4-2/h2-7,16H,15H2,1H3;3-6H2,1-2H3. The molecule has 0 radical (unpaired) electrons. The Morgan fingerprint density at radius 2 is 1.76 bits per heavy atom. The molecule has 0 fully saturated rings. The van der Waals surface area contributed by atoms with Gasteiger partial charge in [-0.3, -0.25) is 4.79 Å². The molecule has 0 aliphatic carbocycles. The van der Waals surface area contributed by atoms with Gasteiger partial charge in [-0.25, -0.2) is 0 Å². The van der Waals surface area contributed by atoms with E-state index in [2.05, 4.69) is 18.8 Å². The van der Waals surface area contributed by atoms with Crippen LogP contribution >= 0.6 is 0 Å². The van der Waals surface area contributed by atoms with E-state index in [0.29, 0.717) is 22.5 Å². The summed E-state index contributed by atoms with van der Waals surface area (Å²) in [6.45, 7) is 7.85. The average Bonchev–Trinajstić information content (AvgIpc) is 3.01. The second kappa shape index (κ2) is 9.08. The number of aryl methyl sites for hydroxylation is 1. The number of hydrogen-bond donors (Lipinski definition) is 2. The Balaban J connectivity index is 0.000000277. The first-order valence-electron chi connectivity index (χ1n) is 8.62. The normalized spacial score (nSPS) is 10.5. The third-order valence-electron chi connectivity index (χ3n) is 3.59. The van der Waals surface area contributed by atoms with Crippen molar-refractivity contribution in [1.82, 2.24) is 4.98 Å². The Kier molecular flexibility index (Phi) is 6.83. The number of aromatic amines is 1. The van der Waals surface area contributed by atoms with Gasteiger partial charge in [-0.15, -0.1) is 0 Å². The Bertz CT molecular complexity index is 843. The zero-order valence-electron chi connectivity index (χ0n) is 15.1. The third-order valence-corrected chi connectivity index (χ3v) is 3.59. The summed E-state index contributed by atoms with van der Waals surface area (Å²) in [5, 5.41) is 0. The number of ether oxygens (including phenoxy) is 1. The van der Waals surface area contributed by atoms with Gasteiger partial charge < -0.3 is 19.9 Å². The zero-order chi connectivity index (χ0) is 18.2. The van der Waals surface area contributed by atoms with Crippen molar-refractivity contribution in [2.75, 3.05) is 18.9 Å². The van der Waals surface area contributed by atoms with Crippen molar-refractivity contribution >= 4 is 16.8 Å². The predicted molar refractivity (Wildman–Crippen MR) is 103 cm³/mol. The third kappa shape index (κ3) is 4.97. The number of anilines is 1. The van der Waals surface area contributed by atoms with Crippen LogP contribution < -0.4 is 11.2 Å². The maximum absolute atomic E-state index is 11.8. The molecule has 2 heterocycles.